The van der Waals surface area contributed by atoms with Crippen molar-refractivity contribution >= 4 is 5.91 Å². The van der Waals surface area contributed by atoms with Crippen LogP contribution in [0.3, 0.4) is 0 Å². The molecule has 0 heterocycles. The van der Waals surface area contributed by atoms with Gasteiger partial charge in [0, 0.05) is 12.1 Å². The summed E-state index contributed by atoms with van der Waals surface area (Å²) >= 11 is 0. The van der Waals surface area contributed by atoms with Crippen LogP contribution in [0.4, 0.5) is 4.39 Å². The lowest BCUT2D eigenvalue weighted by atomic mass is 10.1. The fraction of sp³-hybridized carbons (Fsp3) is 0.188. The van der Waals surface area contributed by atoms with Crippen molar-refractivity contribution in [3.05, 3.63) is 65.5 Å². The second kappa shape index (κ2) is 6.70. The zero-order valence-electron chi connectivity index (χ0n) is 11.2. The molecule has 20 heavy (non-hydrogen) atoms. The zero-order valence-corrected chi connectivity index (χ0v) is 11.2. The van der Waals surface area contributed by atoms with Crippen molar-refractivity contribution in [2.24, 2.45) is 0 Å². The second-order valence-electron chi connectivity index (χ2n) is 4.40. The first-order valence-corrected chi connectivity index (χ1v) is 6.32. The van der Waals surface area contributed by atoms with Crippen LogP contribution in [-0.4, -0.2) is 13.0 Å². The molecule has 1 N–H and O–H groups in total. The third-order valence-corrected chi connectivity index (χ3v) is 2.92. The molecule has 1 amide bonds. The van der Waals surface area contributed by atoms with Gasteiger partial charge in [-0.15, -0.1) is 0 Å². The molecule has 0 bridgehead atoms. The molecule has 0 saturated carbocycles. The van der Waals surface area contributed by atoms with Crippen molar-refractivity contribution in [2.45, 2.75) is 13.0 Å². The monoisotopic (exact) mass is 273 g/mol. The summed E-state index contributed by atoms with van der Waals surface area (Å²) in [6.45, 7) is 0.387. The van der Waals surface area contributed by atoms with Gasteiger partial charge in [0.2, 0.25) is 5.91 Å². The number of hydrogen-bond donors (Lipinski definition) is 1. The minimum atomic E-state index is -0.333. The van der Waals surface area contributed by atoms with E-state index in [1.165, 1.54) is 12.1 Å². The van der Waals surface area contributed by atoms with E-state index < -0.39 is 0 Å². The molecular formula is C16H16FNO2. The molecular weight excluding hydrogens is 257 g/mol. The van der Waals surface area contributed by atoms with E-state index in [2.05, 4.69) is 5.32 Å². The molecule has 0 aliphatic heterocycles. The Bertz CT molecular complexity index is 599. The molecule has 3 nitrogen and oxygen atoms in total. The third-order valence-electron chi connectivity index (χ3n) is 2.92. The molecule has 104 valence electrons. The lowest BCUT2D eigenvalue weighted by molar-refractivity contribution is -0.120. The third kappa shape index (κ3) is 3.82. The summed E-state index contributed by atoms with van der Waals surface area (Å²) in [5.41, 5.74) is 1.56. The first-order valence-electron chi connectivity index (χ1n) is 6.32. The van der Waals surface area contributed by atoms with Gasteiger partial charge in [0.1, 0.15) is 11.6 Å². The molecule has 0 unspecified atom stereocenters. The van der Waals surface area contributed by atoms with Crippen molar-refractivity contribution in [1.82, 2.24) is 5.32 Å². The van der Waals surface area contributed by atoms with Gasteiger partial charge >= 0.3 is 0 Å². The summed E-state index contributed by atoms with van der Waals surface area (Å²) in [7, 11) is 1.59. The van der Waals surface area contributed by atoms with Crippen LogP contribution in [0.5, 0.6) is 5.75 Å². The Morgan fingerprint density at radius 2 is 2.00 bits per heavy atom. The number of para-hydroxylation sites is 1. The minimum absolute atomic E-state index is 0.151. The number of hydrogen-bond acceptors (Lipinski definition) is 2. The van der Waals surface area contributed by atoms with E-state index in [-0.39, 0.29) is 18.1 Å². The number of amides is 1. The van der Waals surface area contributed by atoms with Gasteiger partial charge in [-0.3, -0.25) is 4.79 Å². The summed E-state index contributed by atoms with van der Waals surface area (Å²) < 4.78 is 18.2. The first-order chi connectivity index (χ1) is 9.69. The van der Waals surface area contributed by atoms with Crippen molar-refractivity contribution in [3.63, 3.8) is 0 Å². The number of halogens is 1. The molecule has 4 heteroatoms. The summed E-state index contributed by atoms with van der Waals surface area (Å²) in [6.07, 6.45) is 0.160. The molecule has 0 spiro atoms. The highest BCUT2D eigenvalue weighted by molar-refractivity contribution is 5.78. The number of carbonyl (C=O) groups excluding carboxylic acids is 1. The summed E-state index contributed by atoms with van der Waals surface area (Å²) in [6, 6.07) is 13.5. The number of rotatable bonds is 5. The van der Waals surface area contributed by atoms with Gasteiger partial charge < -0.3 is 10.1 Å². The number of methoxy groups -OCH3 is 1. The van der Waals surface area contributed by atoms with E-state index in [4.69, 9.17) is 4.74 Å². The normalized spacial score (nSPS) is 10.1. The van der Waals surface area contributed by atoms with Crippen LogP contribution in [0, 0.1) is 5.82 Å². The molecule has 0 radical (unpaired) electrons. The van der Waals surface area contributed by atoms with Crippen LogP contribution < -0.4 is 10.1 Å². The lowest BCUT2D eigenvalue weighted by Gasteiger charge is -2.09. The molecule has 0 atom stereocenters. The molecule has 0 aliphatic rings. The fourth-order valence-electron chi connectivity index (χ4n) is 1.94. The predicted molar refractivity (Wildman–Crippen MR) is 74.9 cm³/mol. The SMILES string of the molecule is COc1ccccc1CNC(=O)Cc1cccc(F)c1. The standard InChI is InChI=1S/C16H16FNO2/c1-20-15-8-3-2-6-13(15)11-18-16(19)10-12-5-4-7-14(17)9-12/h2-9H,10-11H2,1H3,(H,18,19). The topological polar surface area (TPSA) is 38.3 Å². The fourth-order valence-corrected chi connectivity index (χ4v) is 1.94. The Hall–Kier alpha value is -2.36. The van der Waals surface area contributed by atoms with Crippen molar-refractivity contribution in [1.29, 1.82) is 0 Å². The van der Waals surface area contributed by atoms with Gasteiger partial charge in [0.25, 0.3) is 0 Å². The van der Waals surface area contributed by atoms with E-state index in [9.17, 15) is 9.18 Å². The van der Waals surface area contributed by atoms with E-state index in [0.29, 0.717) is 12.1 Å². The Morgan fingerprint density at radius 1 is 1.20 bits per heavy atom. The second-order valence-corrected chi connectivity index (χ2v) is 4.40. The lowest BCUT2D eigenvalue weighted by Crippen LogP contribution is -2.24. The highest BCUT2D eigenvalue weighted by Gasteiger charge is 2.06. The number of benzene rings is 2. The predicted octanol–water partition coefficient (Wildman–Crippen LogP) is 2.69. The van der Waals surface area contributed by atoms with Crippen LogP contribution in [-0.2, 0) is 17.8 Å². The quantitative estimate of drug-likeness (QED) is 0.909. The molecule has 2 aromatic carbocycles. The van der Waals surface area contributed by atoms with Gasteiger partial charge in [-0.25, -0.2) is 4.39 Å². The molecule has 0 fully saturated rings. The smallest absolute Gasteiger partial charge is 0.224 e. The van der Waals surface area contributed by atoms with Gasteiger partial charge in [-0.2, -0.15) is 0 Å². The number of carbonyl (C=O) groups is 1. The van der Waals surface area contributed by atoms with Gasteiger partial charge in [-0.05, 0) is 23.8 Å². The maximum absolute atomic E-state index is 13.0. The number of nitrogens with one attached hydrogen (secondary N) is 1. The number of ether oxygens (including phenoxy) is 1. The minimum Gasteiger partial charge on any atom is -0.496 e. The first kappa shape index (κ1) is 14.1. The van der Waals surface area contributed by atoms with Crippen LogP contribution in [0.25, 0.3) is 0 Å². The van der Waals surface area contributed by atoms with Crippen LogP contribution in [0.2, 0.25) is 0 Å². The van der Waals surface area contributed by atoms with Crippen LogP contribution in [0.1, 0.15) is 11.1 Å². The van der Waals surface area contributed by atoms with Crippen LogP contribution >= 0.6 is 0 Å². The molecule has 2 rings (SSSR count). The highest BCUT2D eigenvalue weighted by Crippen LogP contribution is 2.16. The van der Waals surface area contributed by atoms with E-state index in [0.717, 1.165) is 11.3 Å². The average Bonchev–Trinajstić information content (AvgIpc) is 2.45. The van der Waals surface area contributed by atoms with Gasteiger partial charge in [0.05, 0.1) is 13.5 Å². The van der Waals surface area contributed by atoms with E-state index in [1.807, 2.05) is 24.3 Å². The largest absolute Gasteiger partial charge is 0.496 e. The van der Waals surface area contributed by atoms with Crippen LogP contribution in [0.15, 0.2) is 48.5 Å². The van der Waals surface area contributed by atoms with Crippen molar-refractivity contribution in [3.8, 4) is 5.75 Å². The molecule has 0 saturated heterocycles. The molecule has 0 aromatic heterocycles. The van der Waals surface area contributed by atoms with Crippen molar-refractivity contribution < 1.29 is 13.9 Å². The summed E-state index contributed by atoms with van der Waals surface area (Å²) in [4.78, 5) is 11.8. The highest BCUT2D eigenvalue weighted by atomic mass is 19.1. The Labute approximate surface area is 117 Å². The Morgan fingerprint density at radius 3 is 2.75 bits per heavy atom. The van der Waals surface area contributed by atoms with Crippen molar-refractivity contribution in [2.75, 3.05) is 7.11 Å². The average molecular weight is 273 g/mol. The van der Waals surface area contributed by atoms with Gasteiger partial charge in [0.15, 0.2) is 0 Å². The summed E-state index contributed by atoms with van der Waals surface area (Å²) in [5.74, 6) is 0.250. The maximum atomic E-state index is 13.0. The zero-order chi connectivity index (χ0) is 14.4. The van der Waals surface area contributed by atoms with E-state index >= 15 is 0 Å². The molecule has 0 aliphatic carbocycles. The maximum Gasteiger partial charge on any atom is 0.224 e. The van der Waals surface area contributed by atoms with Gasteiger partial charge in [-0.1, -0.05) is 30.3 Å². The Kier molecular flexibility index (Phi) is 4.71. The molecule has 2 aromatic rings. The Balaban J connectivity index is 1.92. The van der Waals surface area contributed by atoms with E-state index in [1.54, 1.807) is 19.2 Å². The summed E-state index contributed by atoms with van der Waals surface area (Å²) in [5, 5.41) is 2.80.